The summed E-state index contributed by atoms with van der Waals surface area (Å²) in [5, 5.41) is 38.0. The number of carbonyl (C=O) groups excluding carboxylic acids is 2. The minimum atomic E-state index is -1.49. The molecule has 0 fully saturated rings. The van der Waals surface area contributed by atoms with Crippen LogP contribution in [0.25, 0.3) is 0 Å². The molecule has 8 N–H and O–H groups in total. The molecule has 0 radical (unpaired) electrons. The minimum absolute atomic E-state index is 0.0162. The van der Waals surface area contributed by atoms with E-state index in [0.717, 1.165) is 24.3 Å². The fourth-order valence-electron chi connectivity index (χ4n) is 4.07. The van der Waals surface area contributed by atoms with Crippen molar-refractivity contribution < 1.29 is 49.2 Å². The second-order valence-corrected chi connectivity index (χ2v) is 7.89. The van der Waals surface area contributed by atoms with Crippen molar-refractivity contribution >= 4 is 35.7 Å². The predicted molar refractivity (Wildman–Crippen MR) is 124 cm³/mol. The Bertz CT molecular complexity index is 1170. The third-order valence-electron chi connectivity index (χ3n) is 5.65. The van der Waals surface area contributed by atoms with E-state index in [-0.39, 0.29) is 46.2 Å². The van der Waals surface area contributed by atoms with Gasteiger partial charge in [-0.2, -0.15) is 0 Å². The molecule has 0 spiro atoms. The van der Waals surface area contributed by atoms with Crippen molar-refractivity contribution in [3.63, 3.8) is 0 Å². The Morgan fingerprint density at radius 3 is 1.06 bits per heavy atom. The summed E-state index contributed by atoms with van der Waals surface area (Å²) >= 11 is 0. The number of aromatic carboxylic acids is 4. The fourth-order valence-corrected chi connectivity index (χ4v) is 4.07. The second-order valence-electron chi connectivity index (χ2n) is 7.89. The number of unbranched alkanes of at least 4 members (excludes halogenated alkanes) is 3. The van der Waals surface area contributed by atoms with Crippen molar-refractivity contribution in [3.8, 4) is 0 Å². The molecular weight excluding hydrogens is 476 g/mol. The maximum atomic E-state index is 11.7. The van der Waals surface area contributed by atoms with Gasteiger partial charge in [0.15, 0.2) is 0 Å². The zero-order chi connectivity index (χ0) is 27.2. The first-order valence-electron chi connectivity index (χ1n) is 10.7. The van der Waals surface area contributed by atoms with Crippen LogP contribution in [0.1, 0.15) is 99.0 Å². The van der Waals surface area contributed by atoms with Gasteiger partial charge in [-0.3, -0.25) is 9.59 Å². The average molecular weight is 500 g/mol. The van der Waals surface area contributed by atoms with E-state index in [9.17, 15) is 49.2 Å². The normalized spacial score (nSPS) is 10.6. The molecule has 0 heterocycles. The Balaban J connectivity index is 2.19. The summed E-state index contributed by atoms with van der Waals surface area (Å²) in [5.41, 5.74) is 8.30. The van der Waals surface area contributed by atoms with Gasteiger partial charge in [0.25, 0.3) is 0 Å². The topological polar surface area (TPSA) is 235 Å². The van der Waals surface area contributed by atoms with Gasteiger partial charge in [0.05, 0.1) is 33.4 Å². The Morgan fingerprint density at radius 1 is 0.500 bits per heavy atom. The van der Waals surface area contributed by atoms with Gasteiger partial charge in [-0.15, -0.1) is 0 Å². The molecule has 0 atom stereocenters. The number of rotatable bonds is 13. The van der Waals surface area contributed by atoms with Gasteiger partial charge in [-0.1, -0.05) is 12.8 Å². The van der Waals surface area contributed by atoms with Crippen LogP contribution in [0, 0.1) is 0 Å². The van der Waals surface area contributed by atoms with E-state index in [1.807, 2.05) is 0 Å². The monoisotopic (exact) mass is 500 g/mol. The highest BCUT2D eigenvalue weighted by molar-refractivity contribution is 6.08. The maximum Gasteiger partial charge on any atom is 0.336 e. The van der Waals surface area contributed by atoms with Crippen LogP contribution < -0.4 is 11.5 Å². The number of nitrogens with two attached hydrogens (primary N) is 2. The van der Waals surface area contributed by atoms with Gasteiger partial charge >= 0.3 is 23.9 Å². The molecule has 0 aromatic heterocycles. The molecule has 2 aromatic carbocycles. The molecule has 2 amide bonds. The highest BCUT2D eigenvalue weighted by atomic mass is 16.4. The van der Waals surface area contributed by atoms with Crippen molar-refractivity contribution in [3.05, 3.63) is 68.8 Å². The molecule has 36 heavy (non-hydrogen) atoms. The van der Waals surface area contributed by atoms with Gasteiger partial charge in [0, 0.05) is 0 Å². The first-order valence-corrected chi connectivity index (χ1v) is 10.7. The van der Waals surface area contributed by atoms with E-state index < -0.39 is 46.8 Å². The van der Waals surface area contributed by atoms with Crippen LogP contribution in [0.15, 0.2) is 24.3 Å². The zero-order valence-electron chi connectivity index (χ0n) is 18.9. The van der Waals surface area contributed by atoms with Crippen LogP contribution in [0.5, 0.6) is 0 Å². The smallest absolute Gasteiger partial charge is 0.336 e. The standard InChI is InChI=1S/C24H24N2O10/c25-19(27)15-9-7-13(21(29)30)11(17(15)23(33)34)5-3-1-2-4-6-12-14(22(31)32)8-10-16(20(26)28)18(12)24(35)36/h7-10H,1-6H2,(H2,25,27)(H2,26,28)(H,29,30)(H,31,32)(H,33,34)(H,35,36). The van der Waals surface area contributed by atoms with Crippen LogP contribution in [-0.4, -0.2) is 56.1 Å². The lowest BCUT2D eigenvalue weighted by Gasteiger charge is -2.14. The molecule has 0 saturated carbocycles. The van der Waals surface area contributed by atoms with Crippen molar-refractivity contribution in [2.45, 2.75) is 38.5 Å². The minimum Gasteiger partial charge on any atom is -0.478 e. The lowest BCUT2D eigenvalue weighted by atomic mass is 9.90. The van der Waals surface area contributed by atoms with Crippen molar-refractivity contribution in [1.29, 1.82) is 0 Å². The summed E-state index contributed by atoms with van der Waals surface area (Å²) < 4.78 is 0. The number of benzene rings is 2. The summed E-state index contributed by atoms with van der Waals surface area (Å²) in [6, 6.07) is 4.35. The molecule has 2 aromatic rings. The average Bonchev–Trinajstić information content (AvgIpc) is 2.79. The van der Waals surface area contributed by atoms with E-state index in [1.54, 1.807) is 0 Å². The predicted octanol–water partition coefficient (Wildman–Crippen LogP) is 2.02. The first kappa shape index (κ1) is 27.5. The quantitative estimate of drug-likeness (QED) is 0.219. The maximum absolute atomic E-state index is 11.7. The number of hydrogen-bond donors (Lipinski definition) is 6. The Labute approximate surface area is 204 Å². The number of amides is 2. The molecule has 0 unspecified atom stereocenters. The largest absolute Gasteiger partial charge is 0.478 e. The first-order chi connectivity index (χ1) is 16.9. The van der Waals surface area contributed by atoms with Gasteiger partial charge in [0.1, 0.15) is 0 Å². The van der Waals surface area contributed by atoms with Gasteiger partial charge in [0.2, 0.25) is 11.8 Å². The summed E-state index contributed by atoms with van der Waals surface area (Å²) in [5.74, 6) is -7.71. The van der Waals surface area contributed by atoms with E-state index in [2.05, 4.69) is 0 Å². The third-order valence-corrected chi connectivity index (χ3v) is 5.65. The van der Waals surface area contributed by atoms with Crippen LogP contribution in [-0.2, 0) is 12.8 Å². The van der Waals surface area contributed by atoms with E-state index >= 15 is 0 Å². The number of carbonyl (C=O) groups is 6. The molecule has 0 aliphatic carbocycles. The molecule has 0 saturated heterocycles. The van der Waals surface area contributed by atoms with Crippen molar-refractivity contribution in [2.75, 3.05) is 0 Å². The Morgan fingerprint density at radius 2 is 0.806 bits per heavy atom. The summed E-state index contributed by atoms with van der Waals surface area (Å²) in [4.78, 5) is 69.9. The SMILES string of the molecule is NC(=O)c1ccc(C(=O)O)c(CCCCCCc2c(C(=O)O)ccc(C(N)=O)c2C(=O)O)c1C(=O)O. The Hall–Kier alpha value is -4.74. The Kier molecular flexibility index (Phi) is 8.86. The van der Waals surface area contributed by atoms with Gasteiger partial charge in [-0.25, -0.2) is 19.2 Å². The number of primary amides is 2. The van der Waals surface area contributed by atoms with Gasteiger partial charge < -0.3 is 31.9 Å². The summed E-state index contributed by atoms with van der Waals surface area (Å²) in [7, 11) is 0. The molecule has 12 heteroatoms. The lowest BCUT2D eigenvalue weighted by molar-refractivity contribution is 0.0671. The third kappa shape index (κ3) is 6.03. The van der Waals surface area contributed by atoms with Crippen molar-refractivity contribution in [1.82, 2.24) is 0 Å². The molecule has 0 aliphatic heterocycles. The molecule has 0 aliphatic rings. The number of carboxylic acids is 4. The molecule has 190 valence electrons. The molecular formula is C24H24N2O10. The van der Waals surface area contributed by atoms with Gasteiger partial charge in [-0.05, 0) is 61.1 Å². The molecule has 12 nitrogen and oxygen atoms in total. The van der Waals surface area contributed by atoms with Crippen LogP contribution in [0.3, 0.4) is 0 Å². The summed E-state index contributed by atoms with van der Waals surface area (Å²) in [6.07, 6.45) is 1.56. The lowest BCUT2D eigenvalue weighted by Crippen LogP contribution is -2.20. The molecule has 2 rings (SSSR count). The van der Waals surface area contributed by atoms with Crippen LogP contribution in [0.2, 0.25) is 0 Å². The number of hydrogen-bond acceptors (Lipinski definition) is 6. The van der Waals surface area contributed by atoms with E-state index in [0.29, 0.717) is 25.7 Å². The van der Waals surface area contributed by atoms with Crippen molar-refractivity contribution in [2.24, 2.45) is 11.5 Å². The van der Waals surface area contributed by atoms with Crippen LogP contribution in [0.4, 0.5) is 0 Å². The van der Waals surface area contributed by atoms with E-state index in [4.69, 9.17) is 11.5 Å². The highest BCUT2D eigenvalue weighted by Crippen LogP contribution is 2.25. The zero-order valence-corrected chi connectivity index (χ0v) is 18.9. The molecule has 0 bridgehead atoms. The summed E-state index contributed by atoms with van der Waals surface area (Å²) in [6.45, 7) is 0. The van der Waals surface area contributed by atoms with E-state index in [1.165, 1.54) is 0 Å². The number of carboxylic acid groups (broad SMARTS) is 4. The fraction of sp³-hybridized carbons (Fsp3) is 0.250. The second kappa shape index (κ2) is 11.6. The highest BCUT2D eigenvalue weighted by Gasteiger charge is 2.25. The van der Waals surface area contributed by atoms with Crippen LogP contribution >= 0.6 is 0 Å².